The molecule has 2 aromatic rings. The predicted molar refractivity (Wildman–Crippen MR) is 81.1 cm³/mol. The molecule has 10 heteroatoms. The SMILES string of the molecule is CC(=O)NNC(=O)COC(=O)CSc1ncnc2sccc12. The smallest absolute Gasteiger partial charge is 0.316 e. The summed E-state index contributed by atoms with van der Waals surface area (Å²) in [6, 6.07) is 1.88. The van der Waals surface area contributed by atoms with Crippen molar-refractivity contribution in [3.63, 3.8) is 0 Å². The standard InChI is InChI=1S/C12H12N4O4S2/c1-7(17)15-16-9(18)4-20-10(19)5-22-12-8-2-3-21-11(8)13-6-14-12/h2-3,6H,4-5H2,1H3,(H,15,17)(H,16,18). The van der Waals surface area contributed by atoms with Crippen LogP contribution >= 0.6 is 23.1 Å². The Morgan fingerprint density at radius 2 is 2.14 bits per heavy atom. The number of fused-ring (bicyclic) bond motifs is 1. The number of nitrogens with one attached hydrogen (secondary N) is 2. The molecule has 0 aliphatic rings. The van der Waals surface area contributed by atoms with Gasteiger partial charge in [-0.05, 0) is 11.4 Å². The van der Waals surface area contributed by atoms with Gasteiger partial charge in [-0.3, -0.25) is 25.2 Å². The second-order valence-corrected chi connectivity index (χ2v) is 5.86. The topological polar surface area (TPSA) is 110 Å². The zero-order chi connectivity index (χ0) is 15.9. The van der Waals surface area contributed by atoms with Gasteiger partial charge in [0.05, 0.1) is 5.75 Å². The Kier molecular flexibility index (Phi) is 5.67. The minimum Gasteiger partial charge on any atom is -0.455 e. The summed E-state index contributed by atoms with van der Waals surface area (Å²) in [6.45, 7) is 0.785. The van der Waals surface area contributed by atoms with Gasteiger partial charge in [0.2, 0.25) is 5.91 Å². The van der Waals surface area contributed by atoms with Crippen LogP contribution in [0.25, 0.3) is 10.2 Å². The summed E-state index contributed by atoms with van der Waals surface area (Å²) >= 11 is 2.70. The third-order valence-corrected chi connectivity index (χ3v) is 4.09. The maximum atomic E-state index is 11.6. The molecule has 0 aliphatic carbocycles. The van der Waals surface area contributed by atoms with Crippen LogP contribution in [0.15, 0.2) is 22.8 Å². The number of rotatable bonds is 5. The molecule has 8 nitrogen and oxygen atoms in total. The normalized spacial score (nSPS) is 10.2. The second kappa shape index (κ2) is 7.71. The van der Waals surface area contributed by atoms with Gasteiger partial charge in [-0.2, -0.15) is 0 Å². The van der Waals surface area contributed by atoms with Crippen LogP contribution in [0.5, 0.6) is 0 Å². The molecule has 22 heavy (non-hydrogen) atoms. The average Bonchev–Trinajstić information content (AvgIpc) is 2.97. The number of aromatic nitrogens is 2. The predicted octanol–water partition coefficient (Wildman–Crippen LogP) is 0.494. The lowest BCUT2D eigenvalue weighted by Gasteiger charge is -2.06. The van der Waals surface area contributed by atoms with E-state index in [0.717, 1.165) is 10.2 Å². The first kappa shape index (κ1) is 16.2. The highest BCUT2D eigenvalue weighted by molar-refractivity contribution is 8.00. The van der Waals surface area contributed by atoms with Gasteiger partial charge < -0.3 is 4.74 Å². The maximum Gasteiger partial charge on any atom is 0.316 e. The lowest BCUT2D eigenvalue weighted by atomic mass is 10.4. The number of thiophene rings is 1. The molecular formula is C12H12N4O4S2. The van der Waals surface area contributed by atoms with Crippen molar-refractivity contribution in [2.24, 2.45) is 0 Å². The second-order valence-electron chi connectivity index (χ2n) is 4.00. The van der Waals surface area contributed by atoms with Crippen molar-refractivity contribution in [2.45, 2.75) is 11.9 Å². The van der Waals surface area contributed by atoms with Gasteiger partial charge >= 0.3 is 5.97 Å². The Morgan fingerprint density at radius 3 is 2.91 bits per heavy atom. The molecule has 0 unspecified atom stereocenters. The zero-order valence-electron chi connectivity index (χ0n) is 11.5. The van der Waals surface area contributed by atoms with E-state index in [4.69, 9.17) is 4.74 Å². The molecule has 116 valence electrons. The van der Waals surface area contributed by atoms with E-state index in [2.05, 4.69) is 20.8 Å². The van der Waals surface area contributed by atoms with Crippen LogP contribution in [0.4, 0.5) is 0 Å². The van der Waals surface area contributed by atoms with E-state index in [9.17, 15) is 14.4 Å². The molecule has 2 heterocycles. The fourth-order valence-corrected chi connectivity index (χ4v) is 2.97. The van der Waals surface area contributed by atoms with E-state index < -0.39 is 24.4 Å². The van der Waals surface area contributed by atoms with Crippen molar-refractivity contribution >= 4 is 51.1 Å². The lowest BCUT2D eigenvalue weighted by Crippen LogP contribution is -2.42. The first-order chi connectivity index (χ1) is 10.6. The molecule has 0 spiro atoms. The number of carbonyl (C=O) groups is 3. The number of ether oxygens (including phenoxy) is 1. The Morgan fingerprint density at radius 1 is 1.32 bits per heavy atom. The van der Waals surface area contributed by atoms with Crippen LogP contribution < -0.4 is 10.9 Å². The molecule has 0 atom stereocenters. The average molecular weight is 340 g/mol. The summed E-state index contributed by atoms with van der Waals surface area (Å²) in [7, 11) is 0. The van der Waals surface area contributed by atoms with Crippen LogP contribution in [-0.2, 0) is 19.1 Å². The monoisotopic (exact) mass is 340 g/mol. The number of thioether (sulfide) groups is 1. The number of esters is 1. The highest BCUT2D eigenvalue weighted by Gasteiger charge is 2.11. The largest absolute Gasteiger partial charge is 0.455 e. The molecule has 2 amide bonds. The summed E-state index contributed by atoms with van der Waals surface area (Å²) in [5.41, 5.74) is 4.18. The van der Waals surface area contributed by atoms with E-state index in [1.165, 1.54) is 36.3 Å². The van der Waals surface area contributed by atoms with Crippen molar-refractivity contribution in [2.75, 3.05) is 12.4 Å². The Bertz CT molecular complexity index is 703. The van der Waals surface area contributed by atoms with Gasteiger partial charge in [0, 0.05) is 12.3 Å². The van der Waals surface area contributed by atoms with Crippen molar-refractivity contribution in [1.82, 2.24) is 20.8 Å². The Balaban J connectivity index is 1.77. The number of amides is 2. The molecule has 0 aliphatic heterocycles. The first-order valence-electron chi connectivity index (χ1n) is 6.08. The Hall–Kier alpha value is -2.20. The lowest BCUT2D eigenvalue weighted by molar-refractivity contribution is -0.146. The highest BCUT2D eigenvalue weighted by atomic mass is 32.2. The van der Waals surface area contributed by atoms with Crippen LogP contribution in [-0.4, -0.2) is 40.1 Å². The van der Waals surface area contributed by atoms with E-state index in [1.54, 1.807) is 0 Å². The third kappa shape index (κ3) is 4.67. The Labute approximate surface area is 133 Å². The van der Waals surface area contributed by atoms with E-state index >= 15 is 0 Å². The number of hydrogen-bond acceptors (Lipinski definition) is 8. The van der Waals surface area contributed by atoms with E-state index in [0.29, 0.717) is 5.03 Å². The van der Waals surface area contributed by atoms with Crippen LogP contribution in [0, 0.1) is 0 Å². The van der Waals surface area contributed by atoms with E-state index in [1.807, 2.05) is 11.4 Å². The fourth-order valence-electron chi connectivity index (χ4n) is 1.39. The zero-order valence-corrected chi connectivity index (χ0v) is 13.1. The molecule has 0 aromatic carbocycles. The number of hydrogen-bond donors (Lipinski definition) is 2. The molecule has 0 saturated carbocycles. The number of hydrazine groups is 1. The van der Waals surface area contributed by atoms with Gasteiger partial charge in [-0.25, -0.2) is 9.97 Å². The van der Waals surface area contributed by atoms with Gasteiger partial charge in [-0.15, -0.1) is 11.3 Å². The first-order valence-corrected chi connectivity index (χ1v) is 7.95. The molecule has 0 fully saturated rings. The molecule has 2 N–H and O–H groups in total. The van der Waals surface area contributed by atoms with Gasteiger partial charge in [0.25, 0.3) is 5.91 Å². The minimum atomic E-state index is -0.615. The number of carbonyl (C=O) groups excluding carboxylic acids is 3. The van der Waals surface area contributed by atoms with Crippen LogP contribution in [0.2, 0.25) is 0 Å². The van der Waals surface area contributed by atoms with E-state index in [-0.39, 0.29) is 5.75 Å². The quantitative estimate of drug-likeness (QED) is 0.353. The summed E-state index contributed by atoms with van der Waals surface area (Å²) in [5, 5.41) is 3.47. The molecule has 0 bridgehead atoms. The summed E-state index contributed by atoms with van der Waals surface area (Å²) in [6.07, 6.45) is 1.44. The number of nitrogens with zero attached hydrogens (tertiary/aromatic N) is 2. The van der Waals surface area contributed by atoms with Gasteiger partial charge in [-0.1, -0.05) is 11.8 Å². The minimum absolute atomic E-state index is 0.0232. The highest BCUT2D eigenvalue weighted by Crippen LogP contribution is 2.27. The van der Waals surface area contributed by atoms with Crippen molar-refractivity contribution < 1.29 is 19.1 Å². The van der Waals surface area contributed by atoms with Crippen LogP contribution in [0.1, 0.15) is 6.92 Å². The van der Waals surface area contributed by atoms with Gasteiger partial charge in [0.15, 0.2) is 6.61 Å². The third-order valence-electron chi connectivity index (χ3n) is 2.29. The maximum absolute atomic E-state index is 11.6. The summed E-state index contributed by atoms with van der Waals surface area (Å²) in [4.78, 5) is 42.5. The summed E-state index contributed by atoms with van der Waals surface area (Å²) < 4.78 is 4.79. The molecule has 0 saturated heterocycles. The fraction of sp³-hybridized carbons (Fsp3) is 0.250. The summed E-state index contributed by atoms with van der Waals surface area (Å²) in [5.74, 6) is -1.56. The van der Waals surface area contributed by atoms with Crippen molar-refractivity contribution in [3.8, 4) is 0 Å². The van der Waals surface area contributed by atoms with Gasteiger partial charge in [0.1, 0.15) is 16.2 Å². The van der Waals surface area contributed by atoms with Crippen molar-refractivity contribution in [1.29, 1.82) is 0 Å². The molecule has 2 rings (SSSR count). The molecule has 2 aromatic heterocycles. The molecule has 0 radical (unpaired) electrons. The van der Waals surface area contributed by atoms with Crippen molar-refractivity contribution in [3.05, 3.63) is 17.8 Å². The molecular weight excluding hydrogens is 328 g/mol. The van der Waals surface area contributed by atoms with Crippen LogP contribution in [0.3, 0.4) is 0 Å².